The van der Waals surface area contributed by atoms with Gasteiger partial charge in [-0.25, -0.2) is 4.79 Å². The predicted molar refractivity (Wildman–Crippen MR) is 47.6 cm³/mol. The Bertz CT molecular complexity index is 211. The van der Waals surface area contributed by atoms with Crippen molar-refractivity contribution in [3.8, 4) is 0 Å². The molecule has 74 valence electrons. The van der Waals surface area contributed by atoms with Crippen molar-refractivity contribution in [3.63, 3.8) is 0 Å². The fourth-order valence-corrected chi connectivity index (χ4v) is 1.55. The van der Waals surface area contributed by atoms with E-state index in [0.717, 1.165) is 0 Å². The first-order valence-corrected chi connectivity index (χ1v) is 4.59. The summed E-state index contributed by atoms with van der Waals surface area (Å²) >= 11 is 5.07. The highest BCUT2D eigenvalue weighted by Gasteiger charge is 2.22. The Kier molecular flexibility index (Phi) is 3.54. The lowest BCUT2D eigenvalue weighted by Gasteiger charge is -2.30. The fraction of sp³-hybridized carbons (Fsp3) is 0.750. The highest BCUT2D eigenvalue weighted by atomic mass is 35.5. The Morgan fingerprint density at radius 3 is 2.31 bits per heavy atom. The minimum atomic E-state index is -0.763. The molecule has 0 spiro atoms. The van der Waals surface area contributed by atoms with Gasteiger partial charge >= 0.3 is 5.43 Å². The van der Waals surface area contributed by atoms with Crippen LogP contribution in [-0.4, -0.2) is 35.4 Å². The number of piperidine rings is 1. The van der Waals surface area contributed by atoms with Gasteiger partial charge in [0.2, 0.25) is 5.91 Å². The average Bonchev–Trinajstić information content (AvgIpc) is 2.04. The first kappa shape index (κ1) is 10.3. The van der Waals surface area contributed by atoms with Crippen LogP contribution in [0.1, 0.15) is 19.8 Å². The van der Waals surface area contributed by atoms with E-state index in [1.54, 1.807) is 4.90 Å². The third-order valence-corrected chi connectivity index (χ3v) is 2.24. The van der Waals surface area contributed by atoms with Gasteiger partial charge in [-0.2, -0.15) is 0 Å². The van der Waals surface area contributed by atoms with Crippen LogP contribution < -0.4 is 0 Å². The van der Waals surface area contributed by atoms with E-state index in [4.69, 9.17) is 16.3 Å². The van der Waals surface area contributed by atoms with E-state index in [-0.39, 0.29) is 12.0 Å². The third-order valence-electron chi connectivity index (χ3n) is 2.15. The second kappa shape index (κ2) is 4.46. The van der Waals surface area contributed by atoms with Gasteiger partial charge in [0.1, 0.15) is 6.10 Å². The Morgan fingerprint density at radius 1 is 1.38 bits per heavy atom. The fourth-order valence-electron chi connectivity index (χ4n) is 1.42. The van der Waals surface area contributed by atoms with Crippen LogP contribution in [0.25, 0.3) is 0 Å². The minimum Gasteiger partial charge on any atom is -0.450 e. The van der Waals surface area contributed by atoms with E-state index in [1.807, 2.05) is 0 Å². The Hall–Kier alpha value is -0.770. The number of halogens is 1. The molecule has 0 unspecified atom stereocenters. The predicted octanol–water partition coefficient (Wildman–Crippen LogP) is 1.37. The van der Waals surface area contributed by atoms with Crippen molar-refractivity contribution in [1.29, 1.82) is 0 Å². The SMILES string of the molecule is CC(=O)N1CCC(OC(=O)Cl)CC1. The molecule has 1 aliphatic heterocycles. The topological polar surface area (TPSA) is 46.6 Å². The molecule has 1 saturated heterocycles. The summed E-state index contributed by atoms with van der Waals surface area (Å²) in [6.07, 6.45) is 1.23. The number of ether oxygens (including phenoxy) is 1. The highest BCUT2D eigenvalue weighted by molar-refractivity contribution is 6.61. The van der Waals surface area contributed by atoms with Crippen LogP contribution in [0.2, 0.25) is 0 Å². The molecule has 0 N–H and O–H groups in total. The van der Waals surface area contributed by atoms with E-state index in [0.29, 0.717) is 25.9 Å². The van der Waals surface area contributed by atoms with Gasteiger partial charge in [-0.05, 0) is 0 Å². The lowest BCUT2D eigenvalue weighted by Crippen LogP contribution is -2.39. The molecule has 0 saturated carbocycles. The van der Waals surface area contributed by atoms with Crippen LogP contribution in [-0.2, 0) is 9.53 Å². The molecule has 1 heterocycles. The normalized spacial score (nSPS) is 18.5. The standard InChI is InChI=1S/C8H12ClNO3/c1-6(11)10-4-2-7(3-5-10)13-8(9)12/h7H,2-5H2,1H3. The summed E-state index contributed by atoms with van der Waals surface area (Å²) in [5.41, 5.74) is -0.763. The summed E-state index contributed by atoms with van der Waals surface area (Å²) in [6.45, 7) is 2.82. The van der Waals surface area contributed by atoms with Gasteiger partial charge in [0.15, 0.2) is 0 Å². The summed E-state index contributed by atoms with van der Waals surface area (Å²) in [7, 11) is 0. The zero-order valence-corrected chi connectivity index (χ0v) is 8.21. The summed E-state index contributed by atoms with van der Waals surface area (Å²) in [6, 6.07) is 0. The van der Waals surface area contributed by atoms with Crippen LogP contribution in [0.15, 0.2) is 0 Å². The molecule has 0 bridgehead atoms. The Labute approximate surface area is 81.8 Å². The molecule has 0 aliphatic carbocycles. The number of amides is 1. The maximum absolute atomic E-state index is 10.9. The molecule has 1 rings (SSSR count). The highest BCUT2D eigenvalue weighted by Crippen LogP contribution is 2.14. The zero-order valence-electron chi connectivity index (χ0n) is 7.46. The molecule has 0 aromatic heterocycles. The zero-order chi connectivity index (χ0) is 9.84. The monoisotopic (exact) mass is 205 g/mol. The Morgan fingerprint density at radius 2 is 1.92 bits per heavy atom. The number of nitrogens with zero attached hydrogens (tertiary/aromatic N) is 1. The van der Waals surface area contributed by atoms with Gasteiger partial charge in [-0.1, -0.05) is 0 Å². The van der Waals surface area contributed by atoms with Crippen LogP contribution in [0.3, 0.4) is 0 Å². The van der Waals surface area contributed by atoms with Gasteiger partial charge in [0, 0.05) is 44.5 Å². The van der Waals surface area contributed by atoms with Crippen LogP contribution in [0.4, 0.5) is 4.79 Å². The molecule has 0 aromatic carbocycles. The smallest absolute Gasteiger partial charge is 0.404 e. The Balaban J connectivity index is 2.30. The second-order valence-corrected chi connectivity index (χ2v) is 3.37. The maximum Gasteiger partial charge on any atom is 0.404 e. The number of hydrogen-bond donors (Lipinski definition) is 0. The minimum absolute atomic E-state index is 0.0654. The second-order valence-electron chi connectivity index (χ2n) is 3.06. The molecule has 1 aliphatic rings. The number of hydrogen-bond acceptors (Lipinski definition) is 3. The molecule has 0 aromatic rings. The van der Waals surface area contributed by atoms with Crippen molar-refractivity contribution in [1.82, 2.24) is 4.90 Å². The van der Waals surface area contributed by atoms with Gasteiger partial charge in [-0.3, -0.25) is 4.79 Å². The van der Waals surface area contributed by atoms with E-state index >= 15 is 0 Å². The molecule has 1 fully saturated rings. The molecule has 1 amide bonds. The van der Waals surface area contributed by atoms with E-state index in [9.17, 15) is 9.59 Å². The van der Waals surface area contributed by atoms with Gasteiger partial charge < -0.3 is 9.64 Å². The number of carbonyl (C=O) groups is 2. The third kappa shape index (κ3) is 3.22. The van der Waals surface area contributed by atoms with Crippen LogP contribution >= 0.6 is 11.6 Å². The molecular formula is C8H12ClNO3. The van der Waals surface area contributed by atoms with Crippen molar-refractivity contribution in [2.45, 2.75) is 25.9 Å². The van der Waals surface area contributed by atoms with E-state index in [2.05, 4.69) is 0 Å². The number of carbonyl (C=O) groups excluding carboxylic acids is 2. The maximum atomic E-state index is 10.9. The average molecular weight is 206 g/mol. The van der Waals surface area contributed by atoms with Crippen molar-refractivity contribution in [2.75, 3.05) is 13.1 Å². The largest absolute Gasteiger partial charge is 0.450 e. The van der Waals surface area contributed by atoms with E-state index in [1.165, 1.54) is 6.92 Å². The summed E-state index contributed by atoms with van der Waals surface area (Å²) in [4.78, 5) is 23.0. The van der Waals surface area contributed by atoms with Crippen molar-refractivity contribution in [2.24, 2.45) is 0 Å². The lowest BCUT2D eigenvalue weighted by molar-refractivity contribution is -0.130. The van der Waals surface area contributed by atoms with Crippen molar-refractivity contribution < 1.29 is 14.3 Å². The van der Waals surface area contributed by atoms with Crippen LogP contribution in [0, 0.1) is 0 Å². The first-order chi connectivity index (χ1) is 6.09. The van der Waals surface area contributed by atoms with E-state index < -0.39 is 5.43 Å². The molecule has 5 heteroatoms. The number of likely N-dealkylation sites (tertiary alicyclic amines) is 1. The molecule has 13 heavy (non-hydrogen) atoms. The lowest BCUT2D eigenvalue weighted by atomic mass is 10.1. The number of rotatable bonds is 1. The molecular weight excluding hydrogens is 194 g/mol. The summed E-state index contributed by atoms with van der Waals surface area (Å²) < 4.78 is 4.81. The first-order valence-electron chi connectivity index (χ1n) is 4.21. The van der Waals surface area contributed by atoms with Gasteiger partial charge in [-0.15, -0.1) is 0 Å². The summed E-state index contributed by atoms with van der Waals surface area (Å²) in [5, 5.41) is 0. The molecule has 4 nitrogen and oxygen atoms in total. The van der Waals surface area contributed by atoms with Crippen molar-refractivity contribution >= 4 is 22.9 Å². The van der Waals surface area contributed by atoms with Gasteiger partial charge in [0.05, 0.1) is 0 Å². The summed E-state index contributed by atoms with van der Waals surface area (Å²) in [5.74, 6) is 0.0654. The molecule has 0 radical (unpaired) electrons. The van der Waals surface area contributed by atoms with Crippen molar-refractivity contribution in [3.05, 3.63) is 0 Å². The van der Waals surface area contributed by atoms with Crippen LogP contribution in [0.5, 0.6) is 0 Å². The quantitative estimate of drug-likeness (QED) is 0.608. The van der Waals surface area contributed by atoms with Gasteiger partial charge in [0.25, 0.3) is 0 Å². The molecule has 0 atom stereocenters.